The van der Waals surface area contributed by atoms with Crippen LogP contribution in [0, 0.1) is 11.6 Å². The van der Waals surface area contributed by atoms with Crippen LogP contribution in [0.15, 0.2) is 65.2 Å². The average molecular weight is 411 g/mol. The predicted molar refractivity (Wildman–Crippen MR) is 105 cm³/mol. The van der Waals surface area contributed by atoms with Crippen molar-refractivity contribution < 1.29 is 18.1 Å². The number of halogens is 2. The summed E-state index contributed by atoms with van der Waals surface area (Å²) in [6, 6.07) is 15.5. The molecule has 0 radical (unpaired) electrons. The summed E-state index contributed by atoms with van der Waals surface area (Å²) in [5.74, 6) is -0.162. The lowest BCUT2D eigenvalue weighted by atomic mass is 10.1. The van der Waals surface area contributed by atoms with Gasteiger partial charge in [-0.1, -0.05) is 17.3 Å². The second kappa shape index (κ2) is 8.32. The molecule has 0 aliphatic heterocycles. The maximum atomic E-state index is 13.2. The lowest BCUT2D eigenvalue weighted by Gasteiger charge is -2.04. The average Bonchev–Trinajstić information content (AvgIpc) is 3.37. The molecular weight excluding hydrogens is 396 g/mol. The molecule has 0 spiro atoms. The summed E-state index contributed by atoms with van der Waals surface area (Å²) in [6.07, 6.45) is 0.112. The summed E-state index contributed by atoms with van der Waals surface area (Å²) < 4.78 is 31.5. The fourth-order valence-electron chi connectivity index (χ4n) is 2.71. The van der Waals surface area contributed by atoms with Crippen molar-refractivity contribution in [2.45, 2.75) is 13.0 Å². The van der Waals surface area contributed by atoms with Crippen LogP contribution in [0.25, 0.3) is 22.2 Å². The lowest BCUT2D eigenvalue weighted by Crippen LogP contribution is -2.24. The molecule has 0 fully saturated rings. The SMILES string of the molecule is O=C(Cc1cccc(F)c1)NCc1ccc(-c2nc(-c3ccc(F)cc3)no2)s1. The zero-order chi connectivity index (χ0) is 20.2. The Morgan fingerprint density at radius 3 is 2.66 bits per heavy atom. The van der Waals surface area contributed by atoms with Crippen LogP contribution < -0.4 is 5.32 Å². The maximum Gasteiger partial charge on any atom is 0.268 e. The number of thiophene rings is 1. The quantitative estimate of drug-likeness (QED) is 0.503. The van der Waals surface area contributed by atoms with Crippen molar-refractivity contribution in [3.05, 3.63) is 82.7 Å². The number of nitrogens with one attached hydrogen (secondary N) is 1. The lowest BCUT2D eigenvalue weighted by molar-refractivity contribution is -0.120. The summed E-state index contributed by atoms with van der Waals surface area (Å²) in [4.78, 5) is 18.1. The summed E-state index contributed by atoms with van der Waals surface area (Å²) >= 11 is 1.42. The first-order valence-corrected chi connectivity index (χ1v) is 9.58. The van der Waals surface area contributed by atoms with Gasteiger partial charge in [-0.2, -0.15) is 4.98 Å². The number of hydrogen-bond donors (Lipinski definition) is 1. The third-order valence-corrected chi connectivity index (χ3v) is 5.19. The number of nitrogens with zero attached hydrogens (tertiary/aromatic N) is 2. The number of hydrogen-bond acceptors (Lipinski definition) is 5. The minimum Gasteiger partial charge on any atom is -0.351 e. The molecule has 0 unspecified atom stereocenters. The van der Waals surface area contributed by atoms with Crippen molar-refractivity contribution in [1.82, 2.24) is 15.5 Å². The van der Waals surface area contributed by atoms with Gasteiger partial charge in [0.15, 0.2) is 0 Å². The van der Waals surface area contributed by atoms with E-state index in [1.807, 2.05) is 12.1 Å². The fourth-order valence-corrected chi connectivity index (χ4v) is 3.58. The van der Waals surface area contributed by atoms with Gasteiger partial charge in [0, 0.05) is 10.4 Å². The Bertz CT molecular complexity index is 1140. The van der Waals surface area contributed by atoms with Gasteiger partial charge in [0.25, 0.3) is 5.89 Å². The van der Waals surface area contributed by atoms with E-state index in [9.17, 15) is 13.6 Å². The topological polar surface area (TPSA) is 68.0 Å². The molecule has 0 atom stereocenters. The van der Waals surface area contributed by atoms with Crippen LogP contribution in [0.5, 0.6) is 0 Å². The smallest absolute Gasteiger partial charge is 0.268 e. The number of carbonyl (C=O) groups excluding carboxylic acids is 1. The fraction of sp³-hybridized carbons (Fsp3) is 0.0952. The predicted octanol–water partition coefficient (Wildman–Crippen LogP) is 4.60. The van der Waals surface area contributed by atoms with Gasteiger partial charge in [0.2, 0.25) is 11.7 Å². The number of benzene rings is 2. The molecule has 2 heterocycles. The number of carbonyl (C=O) groups is 1. The second-order valence-corrected chi connectivity index (χ2v) is 7.45. The molecule has 4 aromatic rings. The molecule has 0 bridgehead atoms. The van der Waals surface area contributed by atoms with Gasteiger partial charge in [-0.3, -0.25) is 4.79 Å². The van der Waals surface area contributed by atoms with Gasteiger partial charge in [-0.25, -0.2) is 8.78 Å². The molecule has 8 heteroatoms. The molecule has 0 aliphatic rings. The standard InChI is InChI=1S/C21H15F2N3O2S/c22-15-6-4-14(5-7-15)20-25-21(28-26-20)18-9-8-17(29-18)12-24-19(27)11-13-2-1-3-16(23)10-13/h1-10H,11-12H2,(H,24,27). The number of aromatic nitrogens is 2. The Hall–Kier alpha value is -3.39. The Kier molecular flexibility index (Phi) is 5.44. The molecule has 0 aliphatic carbocycles. The van der Waals surface area contributed by atoms with Crippen molar-refractivity contribution in [1.29, 1.82) is 0 Å². The Labute approximate surface area is 169 Å². The number of rotatable bonds is 6. The van der Waals surface area contributed by atoms with Gasteiger partial charge in [-0.15, -0.1) is 11.3 Å². The highest BCUT2D eigenvalue weighted by atomic mass is 32.1. The Morgan fingerprint density at radius 2 is 1.86 bits per heavy atom. The summed E-state index contributed by atoms with van der Waals surface area (Å²) in [5, 5.41) is 6.74. The van der Waals surface area contributed by atoms with Crippen molar-refractivity contribution in [2.24, 2.45) is 0 Å². The highest BCUT2D eigenvalue weighted by Gasteiger charge is 2.13. The Balaban J connectivity index is 1.37. The zero-order valence-electron chi connectivity index (χ0n) is 15.1. The van der Waals surface area contributed by atoms with Crippen LogP contribution in [0.4, 0.5) is 8.78 Å². The first-order chi connectivity index (χ1) is 14.1. The van der Waals surface area contributed by atoms with Crippen molar-refractivity contribution in [3.63, 3.8) is 0 Å². The van der Waals surface area contributed by atoms with E-state index in [2.05, 4.69) is 15.5 Å². The van der Waals surface area contributed by atoms with E-state index in [4.69, 9.17) is 4.52 Å². The van der Waals surface area contributed by atoms with Crippen LogP contribution in [0.2, 0.25) is 0 Å². The van der Waals surface area contributed by atoms with E-state index in [1.54, 1.807) is 24.3 Å². The highest BCUT2D eigenvalue weighted by Crippen LogP contribution is 2.28. The van der Waals surface area contributed by atoms with Gasteiger partial charge >= 0.3 is 0 Å². The molecule has 29 heavy (non-hydrogen) atoms. The third kappa shape index (κ3) is 4.72. The van der Waals surface area contributed by atoms with Crippen LogP contribution in [0.1, 0.15) is 10.4 Å². The summed E-state index contributed by atoms with van der Waals surface area (Å²) in [6.45, 7) is 0.345. The van der Waals surface area contributed by atoms with Crippen LogP contribution in [0.3, 0.4) is 0 Å². The normalized spacial score (nSPS) is 10.8. The van der Waals surface area contributed by atoms with Gasteiger partial charge in [0.05, 0.1) is 17.8 Å². The molecule has 2 aromatic heterocycles. The van der Waals surface area contributed by atoms with E-state index in [-0.39, 0.29) is 24.0 Å². The number of amides is 1. The van der Waals surface area contributed by atoms with Crippen molar-refractivity contribution in [2.75, 3.05) is 0 Å². The van der Waals surface area contributed by atoms with Gasteiger partial charge < -0.3 is 9.84 Å². The summed E-state index contributed by atoms with van der Waals surface area (Å²) in [7, 11) is 0. The highest BCUT2D eigenvalue weighted by molar-refractivity contribution is 7.15. The van der Waals surface area contributed by atoms with E-state index >= 15 is 0 Å². The zero-order valence-corrected chi connectivity index (χ0v) is 15.9. The third-order valence-electron chi connectivity index (χ3n) is 4.11. The molecule has 0 saturated heterocycles. The minimum absolute atomic E-state index is 0.112. The first-order valence-electron chi connectivity index (χ1n) is 8.77. The van der Waals surface area contributed by atoms with E-state index in [0.717, 1.165) is 9.75 Å². The molecular formula is C21H15F2N3O2S. The van der Waals surface area contributed by atoms with E-state index in [0.29, 0.717) is 29.4 Å². The molecule has 146 valence electrons. The summed E-state index contributed by atoms with van der Waals surface area (Å²) in [5.41, 5.74) is 1.27. The molecule has 5 nitrogen and oxygen atoms in total. The minimum atomic E-state index is -0.363. The van der Waals surface area contributed by atoms with E-state index < -0.39 is 0 Å². The second-order valence-electron chi connectivity index (χ2n) is 6.28. The van der Waals surface area contributed by atoms with E-state index in [1.165, 1.54) is 35.6 Å². The van der Waals surface area contributed by atoms with Crippen LogP contribution in [-0.4, -0.2) is 16.0 Å². The Morgan fingerprint density at radius 1 is 1.03 bits per heavy atom. The van der Waals surface area contributed by atoms with Gasteiger partial charge in [-0.05, 0) is 54.1 Å². The van der Waals surface area contributed by atoms with Crippen LogP contribution in [-0.2, 0) is 17.8 Å². The molecule has 1 amide bonds. The molecule has 2 aromatic carbocycles. The largest absolute Gasteiger partial charge is 0.351 e. The van der Waals surface area contributed by atoms with Crippen molar-refractivity contribution >= 4 is 17.2 Å². The van der Waals surface area contributed by atoms with Gasteiger partial charge in [0.1, 0.15) is 11.6 Å². The molecule has 0 saturated carbocycles. The molecule has 4 rings (SSSR count). The monoisotopic (exact) mass is 411 g/mol. The maximum absolute atomic E-state index is 13.2. The molecule has 1 N–H and O–H groups in total. The van der Waals surface area contributed by atoms with Crippen LogP contribution >= 0.6 is 11.3 Å². The first kappa shape index (κ1) is 18.9. The van der Waals surface area contributed by atoms with Crippen molar-refractivity contribution in [3.8, 4) is 22.2 Å².